The molecule has 0 bridgehead atoms. The highest BCUT2D eigenvalue weighted by atomic mass is 19.4. The van der Waals surface area contributed by atoms with E-state index in [4.69, 9.17) is 4.74 Å². The Kier molecular flexibility index (Phi) is 6.27. The Morgan fingerprint density at radius 2 is 1.88 bits per heavy atom. The smallest absolute Gasteiger partial charge is 0.416 e. The Morgan fingerprint density at radius 3 is 2.46 bits per heavy atom. The van der Waals surface area contributed by atoms with Gasteiger partial charge in [-0.3, -0.25) is 4.79 Å². The lowest BCUT2D eigenvalue weighted by atomic mass is 9.89. The molecule has 1 aliphatic heterocycles. The van der Waals surface area contributed by atoms with Crippen molar-refractivity contribution in [2.45, 2.75) is 57.3 Å². The Morgan fingerprint density at radius 1 is 1.21 bits per heavy atom. The molecule has 0 aromatic heterocycles. The highest BCUT2D eigenvalue weighted by Crippen LogP contribution is 2.30. The Hall–Kier alpha value is -1.56. The second-order valence-electron chi connectivity index (χ2n) is 6.52. The van der Waals surface area contributed by atoms with Gasteiger partial charge in [0, 0.05) is 0 Å². The number of alkyl halides is 3. The van der Waals surface area contributed by atoms with Crippen molar-refractivity contribution in [3.8, 4) is 0 Å². The highest BCUT2D eigenvalue weighted by molar-refractivity contribution is 5.75. The molecule has 0 radical (unpaired) electrons. The topological polar surface area (TPSA) is 38.3 Å². The molecule has 1 N–H and O–H groups in total. The molecular formula is C18H24F3NO2. The second kappa shape index (κ2) is 8.01. The summed E-state index contributed by atoms with van der Waals surface area (Å²) in [5.74, 6) is 0.0697. The van der Waals surface area contributed by atoms with Gasteiger partial charge in [-0.15, -0.1) is 0 Å². The van der Waals surface area contributed by atoms with Crippen LogP contribution in [0.1, 0.15) is 43.7 Å². The number of carbonyl (C=O) groups excluding carboxylic acids is 1. The lowest BCUT2D eigenvalue weighted by Gasteiger charge is -2.20. The summed E-state index contributed by atoms with van der Waals surface area (Å²) in [6, 6.07) is 5.07. The molecule has 1 fully saturated rings. The molecule has 24 heavy (non-hydrogen) atoms. The van der Waals surface area contributed by atoms with Crippen molar-refractivity contribution in [2.75, 3.05) is 7.05 Å². The summed E-state index contributed by atoms with van der Waals surface area (Å²) < 4.78 is 43.3. The Labute approximate surface area is 140 Å². The van der Waals surface area contributed by atoms with Crippen LogP contribution >= 0.6 is 0 Å². The molecule has 2 rings (SSSR count). The number of ether oxygens (including phenoxy) is 1. The molecule has 1 aliphatic rings. The fraction of sp³-hybridized carbons (Fsp3) is 0.611. The minimum atomic E-state index is -4.30. The number of carbonyl (C=O) groups is 1. The van der Waals surface area contributed by atoms with Gasteiger partial charge in [-0.2, -0.15) is 13.2 Å². The second-order valence-corrected chi connectivity index (χ2v) is 6.52. The molecule has 1 saturated heterocycles. The van der Waals surface area contributed by atoms with Gasteiger partial charge >= 0.3 is 12.1 Å². The van der Waals surface area contributed by atoms with E-state index in [-0.39, 0.29) is 18.1 Å². The van der Waals surface area contributed by atoms with Crippen LogP contribution in [-0.4, -0.2) is 25.2 Å². The summed E-state index contributed by atoms with van der Waals surface area (Å²) in [4.78, 5) is 12.0. The van der Waals surface area contributed by atoms with Crippen molar-refractivity contribution in [3.63, 3.8) is 0 Å². The average molecular weight is 343 g/mol. The van der Waals surface area contributed by atoms with Crippen LogP contribution in [0.5, 0.6) is 0 Å². The van der Waals surface area contributed by atoms with Crippen molar-refractivity contribution in [2.24, 2.45) is 5.92 Å². The summed E-state index contributed by atoms with van der Waals surface area (Å²) in [5, 5.41) is 2.97. The molecule has 3 atom stereocenters. The van der Waals surface area contributed by atoms with E-state index >= 15 is 0 Å². The van der Waals surface area contributed by atoms with E-state index in [0.29, 0.717) is 18.8 Å². The zero-order valence-corrected chi connectivity index (χ0v) is 14.0. The van der Waals surface area contributed by atoms with Gasteiger partial charge in [-0.1, -0.05) is 18.6 Å². The molecule has 0 amide bonds. The first-order chi connectivity index (χ1) is 11.3. The SMILES string of the molecule is CN[C@H]1CCCC(Cc2ccc(C(F)(F)F)cc2)CC(C)OC1=O. The van der Waals surface area contributed by atoms with Gasteiger partial charge in [0.25, 0.3) is 0 Å². The van der Waals surface area contributed by atoms with Gasteiger partial charge in [-0.05, 0) is 63.3 Å². The predicted octanol–water partition coefficient (Wildman–Crippen LogP) is 3.96. The Balaban J connectivity index is 2.01. The lowest BCUT2D eigenvalue weighted by molar-refractivity contribution is -0.151. The van der Waals surface area contributed by atoms with E-state index in [1.165, 1.54) is 0 Å². The number of esters is 1. The van der Waals surface area contributed by atoms with Crippen molar-refractivity contribution >= 4 is 5.97 Å². The largest absolute Gasteiger partial charge is 0.462 e. The van der Waals surface area contributed by atoms with Gasteiger partial charge < -0.3 is 10.1 Å². The van der Waals surface area contributed by atoms with Crippen LogP contribution in [0.15, 0.2) is 24.3 Å². The summed E-state index contributed by atoms with van der Waals surface area (Å²) >= 11 is 0. The number of halogens is 3. The number of benzene rings is 1. The predicted molar refractivity (Wildman–Crippen MR) is 85.5 cm³/mol. The molecule has 6 heteroatoms. The van der Waals surface area contributed by atoms with E-state index in [9.17, 15) is 18.0 Å². The summed E-state index contributed by atoms with van der Waals surface area (Å²) in [6.45, 7) is 1.87. The maximum absolute atomic E-state index is 12.6. The first-order valence-electron chi connectivity index (χ1n) is 8.33. The van der Waals surface area contributed by atoms with Gasteiger partial charge in [0.2, 0.25) is 0 Å². The van der Waals surface area contributed by atoms with Crippen molar-refractivity contribution < 1.29 is 22.7 Å². The third-order valence-electron chi connectivity index (χ3n) is 4.53. The molecule has 3 nitrogen and oxygen atoms in total. The normalized spacial score (nSPS) is 26.2. The first-order valence-corrected chi connectivity index (χ1v) is 8.33. The molecule has 1 heterocycles. The minimum absolute atomic E-state index is 0.189. The van der Waals surface area contributed by atoms with Gasteiger partial charge in [-0.25, -0.2) is 0 Å². The van der Waals surface area contributed by atoms with Crippen LogP contribution in [0.4, 0.5) is 13.2 Å². The van der Waals surface area contributed by atoms with Crippen LogP contribution in [0, 0.1) is 5.92 Å². The summed E-state index contributed by atoms with van der Waals surface area (Å²) in [7, 11) is 1.74. The number of cyclic esters (lactones) is 1. The number of nitrogens with one attached hydrogen (secondary N) is 1. The number of hydrogen-bond donors (Lipinski definition) is 1. The molecule has 0 aliphatic carbocycles. The Bertz CT molecular complexity index is 542. The molecule has 0 spiro atoms. The van der Waals surface area contributed by atoms with Crippen LogP contribution < -0.4 is 5.32 Å². The van der Waals surface area contributed by atoms with Gasteiger partial charge in [0.1, 0.15) is 6.04 Å². The number of rotatable bonds is 3. The average Bonchev–Trinajstić information content (AvgIpc) is 2.56. The lowest BCUT2D eigenvalue weighted by Crippen LogP contribution is -2.36. The van der Waals surface area contributed by atoms with E-state index in [0.717, 1.165) is 37.0 Å². The van der Waals surface area contributed by atoms with Crippen molar-refractivity contribution in [3.05, 3.63) is 35.4 Å². The minimum Gasteiger partial charge on any atom is -0.462 e. The zero-order valence-electron chi connectivity index (χ0n) is 14.0. The summed E-state index contributed by atoms with van der Waals surface area (Å²) in [6.07, 6.45) is -0.537. The van der Waals surface area contributed by atoms with Gasteiger partial charge in [0.15, 0.2) is 0 Å². The first kappa shape index (κ1) is 18.8. The molecular weight excluding hydrogens is 319 g/mol. The summed E-state index contributed by atoms with van der Waals surface area (Å²) in [5.41, 5.74) is 0.260. The molecule has 1 aromatic carbocycles. The molecule has 0 saturated carbocycles. The third kappa shape index (κ3) is 5.23. The monoisotopic (exact) mass is 343 g/mol. The quantitative estimate of drug-likeness (QED) is 0.845. The van der Waals surface area contributed by atoms with Crippen LogP contribution in [-0.2, 0) is 22.1 Å². The van der Waals surface area contributed by atoms with E-state index in [2.05, 4.69) is 5.32 Å². The fourth-order valence-corrected chi connectivity index (χ4v) is 3.26. The fourth-order valence-electron chi connectivity index (χ4n) is 3.26. The zero-order chi connectivity index (χ0) is 17.7. The van der Waals surface area contributed by atoms with E-state index < -0.39 is 11.7 Å². The van der Waals surface area contributed by atoms with Crippen molar-refractivity contribution in [1.29, 1.82) is 0 Å². The van der Waals surface area contributed by atoms with Crippen molar-refractivity contribution in [1.82, 2.24) is 5.32 Å². The van der Waals surface area contributed by atoms with Crippen LogP contribution in [0.3, 0.4) is 0 Å². The maximum atomic E-state index is 12.6. The van der Waals surface area contributed by atoms with E-state index in [1.807, 2.05) is 6.92 Å². The van der Waals surface area contributed by atoms with Gasteiger partial charge in [0.05, 0.1) is 11.7 Å². The standard InChI is InChI=1S/C18H24F3NO2/c1-12-10-14(4-3-5-16(22-2)17(23)24-12)11-13-6-8-15(9-7-13)18(19,20)21/h6-9,12,14,16,22H,3-5,10-11H2,1-2H3/t12?,14?,16-/m0/s1. The maximum Gasteiger partial charge on any atom is 0.416 e. The highest BCUT2D eigenvalue weighted by Gasteiger charge is 2.30. The number of likely N-dealkylation sites (N-methyl/N-ethyl adjacent to an activating group) is 1. The van der Waals surface area contributed by atoms with Crippen LogP contribution in [0.2, 0.25) is 0 Å². The molecule has 2 unspecified atom stereocenters. The number of hydrogen-bond acceptors (Lipinski definition) is 3. The van der Waals surface area contributed by atoms with Crippen LogP contribution in [0.25, 0.3) is 0 Å². The molecule has 134 valence electrons. The molecule has 1 aromatic rings. The van der Waals surface area contributed by atoms with E-state index in [1.54, 1.807) is 19.2 Å². The third-order valence-corrected chi connectivity index (χ3v) is 4.53.